The van der Waals surface area contributed by atoms with Crippen LogP contribution >= 0.6 is 0 Å². The van der Waals surface area contributed by atoms with Crippen molar-refractivity contribution in [1.82, 2.24) is 4.90 Å². The van der Waals surface area contributed by atoms with Crippen molar-refractivity contribution in [2.45, 2.75) is 88.5 Å². The number of nitrogens with two attached hydrogens (primary N) is 1. The Kier molecular flexibility index (Phi) is 7.21. The number of benzene rings is 1. The Balaban J connectivity index is 0.000000211. The number of fused-ring (bicyclic) bond motifs is 1. The molecule has 0 unspecified atom stereocenters. The molecule has 1 aromatic rings. The van der Waals surface area contributed by atoms with Gasteiger partial charge in [-0.2, -0.15) is 0 Å². The molecule has 3 aliphatic rings. The van der Waals surface area contributed by atoms with Crippen LogP contribution in [0, 0.1) is 0 Å². The lowest BCUT2D eigenvalue weighted by Gasteiger charge is -2.26. The number of hydrogen-bond donors (Lipinski definition) is 3. The molecule has 0 radical (unpaired) electrons. The minimum atomic E-state index is -0.406. The number of aliphatic hydroxyl groups excluding tert-OH is 2. The minimum Gasteiger partial charge on any atom is -0.393 e. The third-order valence-electron chi connectivity index (χ3n) is 6.00. The van der Waals surface area contributed by atoms with Gasteiger partial charge in [-0.1, -0.05) is 37.8 Å². The molecule has 1 aromatic carbocycles. The Bertz CT molecular complexity index is 648. The number of carbonyl (C=O) groups excluding carboxylic acids is 2. The van der Waals surface area contributed by atoms with E-state index in [1.54, 1.807) is 24.3 Å². The van der Waals surface area contributed by atoms with Crippen LogP contribution in [0.15, 0.2) is 24.3 Å². The Morgan fingerprint density at radius 3 is 1.89 bits per heavy atom. The maximum Gasteiger partial charge on any atom is 0.261 e. The molecular weight excluding hydrogens is 356 g/mol. The number of aliphatic hydroxyl groups is 2. The van der Waals surface area contributed by atoms with Gasteiger partial charge in [0.25, 0.3) is 11.8 Å². The molecule has 1 heterocycles. The number of amides is 2. The first-order valence-corrected chi connectivity index (χ1v) is 10.6. The molecule has 4 atom stereocenters. The van der Waals surface area contributed by atoms with Crippen molar-refractivity contribution in [3.63, 3.8) is 0 Å². The van der Waals surface area contributed by atoms with Gasteiger partial charge >= 0.3 is 0 Å². The van der Waals surface area contributed by atoms with Gasteiger partial charge in [0.15, 0.2) is 0 Å². The van der Waals surface area contributed by atoms with Crippen LogP contribution in [0.25, 0.3) is 0 Å². The molecule has 0 saturated heterocycles. The summed E-state index contributed by atoms with van der Waals surface area (Å²) in [5, 5.41) is 19.0. The number of nitrogens with zero attached hydrogens (tertiary/aromatic N) is 1. The highest BCUT2D eigenvalue weighted by Gasteiger charge is 2.40. The van der Waals surface area contributed by atoms with Crippen LogP contribution in [0.1, 0.15) is 84.9 Å². The lowest BCUT2D eigenvalue weighted by molar-refractivity contribution is 0.0519. The van der Waals surface area contributed by atoms with Crippen LogP contribution in [0.2, 0.25) is 0 Å². The minimum absolute atomic E-state index is 0.123. The fraction of sp³-hybridized carbons (Fsp3) is 0.636. The van der Waals surface area contributed by atoms with Crippen molar-refractivity contribution in [3.05, 3.63) is 35.4 Å². The first-order chi connectivity index (χ1) is 13.5. The van der Waals surface area contributed by atoms with E-state index >= 15 is 0 Å². The first kappa shape index (κ1) is 21.0. The van der Waals surface area contributed by atoms with E-state index in [0.717, 1.165) is 51.4 Å². The number of hydrogen-bond acceptors (Lipinski definition) is 5. The molecule has 0 aromatic heterocycles. The number of carbonyl (C=O) groups is 2. The summed E-state index contributed by atoms with van der Waals surface area (Å²) in [5.41, 5.74) is 6.65. The lowest BCUT2D eigenvalue weighted by Crippen LogP contribution is -2.41. The van der Waals surface area contributed by atoms with E-state index in [-0.39, 0.29) is 30.0 Å². The van der Waals surface area contributed by atoms with E-state index in [1.807, 2.05) is 0 Å². The standard InChI is InChI=1S/C15H17NO3.C7H15NO/c17-11-6-2-1-5-10(9-11)16-14(18)12-7-3-4-8-13(12)15(16)19;8-6-3-1-2-4-7(9)5-6/h3-4,7-8,10-11,17H,1-2,5-6,9H2;6-7,9H,1-5,8H2/t10-,11+;6-,7+/m11/s1. The molecule has 4 N–H and O–H groups in total. The van der Waals surface area contributed by atoms with E-state index in [0.29, 0.717) is 17.5 Å². The van der Waals surface area contributed by atoms with Gasteiger partial charge in [-0.05, 0) is 50.7 Å². The summed E-state index contributed by atoms with van der Waals surface area (Å²) in [5.74, 6) is -0.417. The van der Waals surface area contributed by atoms with Gasteiger partial charge in [0, 0.05) is 12.1 Å². The second-order valence-corrected chi connectivity index (χ2v) is 8.29. The molecule has 2 aliphatic carbocycles. The van der Waals surface area contributed by atoms with Gasteiger partial charge in [-0.25, -0.2) is 0 Å². The van der Waals surface area contributed by atoms with Crippen molar-refractivity contribution in [2.75, 3.05) is 0 Å². The van der Waals surface area contributed by atoms with Gasteiger partial charge in [0.2, 0.25) is 0 Å². The molecule has 0 spiro atoms. The summed E-state index contributed by atoms with van der Waals surface area (Å²) in [7, 11) is 0. The molecule has 6 nitrogen and oxygen atoms in total. The zero-order valence-electron chi connectivity index (χ0n) is 16.4. The zero-order valence-corrected chi connectivity index (χ0v) is 16.4. The Hall–Kier alpha value is -1.76. The summed E-state index contributed by atoms with van der Waals surface area (Å²) in [6.07, 6.45) is 8.64. The van der Waals surface area contributed by atoms with Gasteiger partial charge in [-0.15, -0.1) is 0 Å². The van der Waals surface area contributed by atoms with Crippen molar-refractivity contribution in [1.29, 1.82) is 0 Å². The van der Waals surface area contributed by atoms with E-state index in [4.69, 9.17) is 5.73 Å². The van der Waals surface area contributed by atoms with Crippen molar-refractivity contribution in [3.8, 4) is 0 Å². The molecule has 1 aliphatic heterocycles. The second kappa shape index (κ2) is 9.63. The molecule has 6 heteroatoms. The molecule has 28 heavy (non-hydrogen) atoms. The van der Waals surface area contributed by atoms with Crippen molar-refractivity contribution in [2.24, 2.45) is 5.73 Å². The van der Waals surface area contributed by atoms with Gasteiger partial charge in [0.1, 0.15) is 0 Å². The average molecular weight is 389 g/mol. The average Bonchev–Trinajstić information content (AvgIpc) is 2.86. The maximum atomic E-state index is 12.3. The van der Waals surface area contributed by atoms with E-state index in [9.17, 15) is 19.8 Å². The lowest BCUT2D eigenvalue weighted by atomic mass is 10.1. The fourth-order valence-electron chi connectivity index (χ4n) is 4.46. The molecule has 4 rings (SSSR count). The highest BCUT2D eigenvalue weighted by Crippen LogP contribution is 2.30. The number of imide groups is 1. The summed E-state index contributed by atoms with van der Waals surface area (Å²) < 4.78 is 0. The zero-order chi connectivity index (χ0) is 20.1. The summed E-state index contributed by atoms with van der Waals surface area (Å²) in [6.45, 7) is 0. The van der Waals surface area contributed by atoms with Crippen LogP contribution < -0.4 is 5.73 Å². The van der Waals surface area contributed by atoms with Crippen LogP contribution in [0.5, 0.6) is 0 Å². The van der Waals surface area contributed by atoms with Crippen LogP contribution in [0.4, 0.5) is 0 Å². The number of rotatable bonds is 1. The Morgan fingerprint density at radius 1 is 0.786 bits per heavy atom. The topological polar surface area (TPSA) is 104 Å². The maximum absolute atomic E-state index is 12.3. The monoisotopic (exact) mass is 388 g/mol. The molecule has 2 fully saturated rings. The fourth-order valence-corrected chi connectivity index (χ4v) is 4.46. The van der Waals surface area contributed by atoms with Crippen LogP contribution in [0.3, 0.4) is 0 Å². The van der Waals surface area contributed by atoms with Gasteiger partial charge < -0.3 is 15.9 Å². The van der Waals surface area contributed by atoms with Crippen LogP contribution in [-0.4, -0.2) is 51.2 Å². The van der Waals surface area contributed by atoms with Crippen molar-refractivity contribution >= 4 is 11.8 Å². The normalized spacial score (nSPS) is 30.8. The quantitative estimate of drug-likeness (QED) is 0.507. The molecule has 2 saturated carbocycles. The third kappa shape index (κ3) is 4.99. The van der Waals surface area contributed by atoms with E-state index in [1.165, 1.54) is 11.3 Å². The molecule has 0 bridgehead atoms. The van der Waals surface area contributed by atoms with E-state index in [2.05, 4.69) is 0 Å². The molecule has 154 valence electrons. The first-order valence-electron chi connectivity index (χ1n) is 10.6. The SMILES string of the molecule is N[C@@H]1CCCC[C@H](O)C1.O=C1c2ccccc2C(=O)N1[C@@H]1CCCC[C@H](O)C1. The summed E-state index contributed by atoms with van der Waals surface area (Å²) in [4.78, 5) is 26.1. The highest BCUT2D eigenvalue weighted by molar-refractivity contribution is 6.21. The largest absolute Gasteiger partial charge is 0.393 e. The Morgan fingerprint density at radius 2 is 1.29 bits per heavy atom. The Labute approximate surface area is 166 Å². The highest BCUT2D eigenvalue weighted by atomic mass is 16.3. The molecular formula is C22H32N2O4. The molecule has 2 amide bonds. The summed E-state index contributed by atoms with van der Waals surface area (Å²) in [6, 6.07) is 7.03. The van der Waals surface area contributed by atoms with Gasteiger partial charge in [0.05, 0.1) is 23.3 Å². The predicted molar refractivity (Wildman–Crippen MR) is 107 cm³/mol. The smallest absolute Gasteiger partial charge is 0.261 e. The van der Waals surface area contributed by atoms with Crippen LogP contribution in [-0.2, 0) is 0 Å². The summed E-state index contributed by atoms with van der Waals surface area (Å²) >= 11 is 0. The predicted octanol–water partition coefficient (Wildman–Crippen LogP) is 2.61. The van der Waals surface area contributed by atoms with Gasteiger partial charge in [-0.3, -0.25) is 14.5 Å². The second-order valence-electron chi connectivity index (χ2n) is 8.29. The van der Waals surface area contributed by atoms with Crippen molar-refractivity contribution < 1.29 is 19.8 Å². The van der Waals surface area contributed by atoms with E-state index < -0.39 is 6.10 Å². The third-order valence-corrected chi connectivity index (χ3v) is 6.00.